The van der Waals surface area contributed by atoms with Crippen molar-refractivity contribution in [3.63, 3.8) is 0 Å². The van der Waals surface area contributed by atoms with E-state index in [1.807, 2.05) is 15.5 Å². The number of rotatable bonds is 4. The average Bonchev–Trinajstić information content (AvgIpc) is 3.19. The number of fused-ring (bicyclic) bond motifs is 2. The van der Waals surface area contributed by atoms with Gasteiger partial charge in [0.1, 0.15) is 5.01 Å². The van der Waals surface area contributed by atoms with E-state index in [1.165, 1.54) is 22.5 Å². The average molecular weight is 355 g/mol. The smallest absolute Gasteiger partial charge is 0.234 e. The van der Waals surface area contributed by atoms with Crippen molar-refractivity contribution in [1.82, 2.24) is 24.7 Å². The van der Waals surface area contributed by atoms with Gasteiger partial charge in [0.2, 0.25) is 10.9 Å². The molecule has 0 unspecified atom stereocenters. The van der Waals surface area contributed by atoms with E-state index in [4.69, 9.17) is 0 Å². The topological polar surface area (TPSA) is 63.4 Å². The molecule has 0 radical (unpaired) electrons. The predicted molar refractivity (Wildman–Crippen MR) is 96.6 cm³/mol. The van der Waals surface area contributed by atoms with E-state index in [-0.39, 0.29) is 11.8 Å². The van der Waals surface area contributed by atoms with Crippen LogP contribution in [-0.4, -0.2) is 37.2 Å². The van der Waals surface area contributed by atoms with Gasteiger partial charge in [-0.2, -0.15) is 9.61 Å². The normalized spacial score (nSPS) is 14.3. The van der Waals surface area contributed by atoms with Gasteiger partial charge < -0.3 is 4.90 Å². The molecular formula is C18H21N5OS. The van der Waals surface area contributed by atoms with E-state index < -0.39 is 0 Å². The van der Waals surface area contributed by atoms with Gasteiger partial charge in [-0.25, -0.2) is 0 Å². The van der Waals surface area contributed by atoms with Crippen molar-refractivity contribution >= 4 is 22.2 Å². The lowest BCUT2D eigenvalue weighted by molar-refractivity contribution is -0.132. The molecule has 0 aliphatic carbocycles. The minimum Gasteiger partial charge on any atom is -0.338 e. The van der Waals surface area contributed by atoms with Gasteiger partial charge in [-0.05, 0) is 17.5 Å². The Hall–Kier alpha value is -2.28. The van der Waals surface area contributed by atoms with Gasteiger partial charge in [0.15, 0.2) is 5.82 Å². The number of aryl methyl sites for hydroxylation is 1. The van der Waals surface area contributed by atoms with Gasteiger partial charge in [0.25, 0.3) is 0 Å². The maximum atomic E-state index is 12.6. The lowest BCUT2D eigenvalue weighted by atomic mass is 9.99. The van der Waals surface area contributed by atoms with Gasteiger partial charge in [-0.15, -0.1) is 10.2 Å². The molecule has 1 aliphatic rings. The lowest BCUT2D eigenvalue weighted by Gasteiger charge is -2.28. The van der Waals surface area contributed by atoms with Gasteiger partial charge in [0, 0.05) is 31.8 Å². The van der Waals surface area contributed by atoms with Crippen LogP contribution < -0.4 is 0 Å². The van der Waals surface area contributed by atoms with E-state index >= 15 is 0 Å². The van der Waals surface area contributed by atoms with Crippen molar-refractivity contribution in [2.24, 2.45) is 0 Å². The summed E-state index contributed by atoms with van der Waals surface area (Å²) < 4.78 is 1.81. The molecule has 130 valence electrons. The minimum atomic E-state index is 0.199. The zero-order valence-corrected chi connectivity index (χ0v) is 15.3. The molecular weight excluding hydrogens is 334 g/mol. The Morgan fingerprint density at radius 1 is 1.24 bits per heavy atom. The summed E-state index contributed by atoms with van der Waals surface area (Å²) >= 11 is 1.52. The Morgan fingerprint density at radius 2 is 2.04 bits per heavy atom. The van der Waals surface area contributed by atoms with Crippen LogP contribution in [0.4, 0.5) is 0 Å². The van der Waals surface area contributed by atoms with Gasteiger partial charge in [0.05, 0.1) is 0 Å². The fraction of sp³-hybridized carbons (Fsp3) is 0.444. The third-order valence-corrected chi connectivity index (χ3v) is 5.57. The molecule has 0 atom stereocenters. The van der Waals surface area contributed by atoms with E-state index in [0.717, 1.165) is 35.3 Å². The van der Waals surface area contributed by atoms with Crippen LogP contribution in [0.5, 0.6) is 0 Å². The van der Waals surface area contributed by atoms with Crippen LogP contribution in [0.15, 0.2) is 24.3 Å². The molecule has 1 aromatic carbocycles. The molecule has 0 saturated carbocycles. The Balaban J connectivity index is 1.41. The number of benzene rings is 1. The SMILES string of the molecule is CC(C)c1nnc2sc(CCC(=O)N3CCc4ccccc4C3)nn12. The van der Waals surface area contributed by atoms with E-state index in [1.54, 1.807) is 0 Å². The molecule has 6 nitrogen and oxygen atoms in total. The second-order valence-electron chi connectivity index (χ2n) is 6.74. The monoisotopic (exact) mass is 355 g/mol. The van der Waals surface area contributed by atoms with Crippen molar-refractivity contribution in [3.05, 3.63) is 46.2 Å². The first-order chi connectivity index (χ1) is 12.1. The van der Waals surface area contributed by atoms with E-state index in [9.17, 15) is 4.79 Å². The summed E-state index contributed by atoms with van der Waals surface area (Å²) in [4.78, 5) is 15.3. The summed E-state index contributed by atoms with van der Waals surface area (Å²) in [6.07, 6.45) is 2.09. The molecule has 3 heterocycles. The summed E-state index contributed by atoms with van der Waals surface area (Å²) in [5, 5.41) is 13.9. The van der Waals surface area contributed by atoms with E-state index in [0.29, 0.717) is 12.8 Å². The second-order valence-corrected chi connectivity index (χ2v) is 7.78. The Kier molecular flexibility index (Phi) is 4.25. The summed E-state index contributed by atoms with van der Waals surface area (Å²) in [7, 11) is 0. The first-order valence-electron chi connectivity index (χ1n) is 8.67. The number of amides is 1. The fourth-order valence-electron chi connectivity index (χ4n) is 3.21. The third-order valence-electron chi connectivity index (χ3n) is 4.61. The standard InChI is InChI=1S/C18H21N5OS/c1-12(2)17-19-20-18-23(17)21-15(25-18)7-8-16(24)22-10-9-13-5-3-4-6-14(13)11-22/h3-6,12H,7-11H2,1-2H3. The highest BCUT2D eigenvalue weighted by molar-refractivity contribution is 7.16. The van der Waals surface area contributed by atoms with Crippen LogP contribution in [0.25, 0.3) is 4.96 Å². The third kappa shape index (κ3) is 3.16. The Bertz CT molecular complexity index is 913. The molecule has 1 aliphatic heterocycles. The number of carbonyl (C=O) groups is 1. The quantitative estimate of drug-likeness (QED) is 0.722. The van der Waals surface area contributed by atoms with Crippen LogP contribution in [-0.2, 0) is 24.2 Å². The van der Waals surface area contributed by atoms with Crippen LogP contribution in [0, 0.1) is 0 Å². The number of aromatic nitrogens is 4. The molecule has 1 amide bonds. The molecule has 4 rings (SSSR count). The van der Waals surface area contributed by atoms with Crippen LogP contribution in [0.2, 0.25) is 0 Å². The molecule has 0 N–H and O–H groups in total. The molecule has 0 fully saturated rings. The number of hydrogen-bond donors (Lipinski definition) is 0. The molecule has 0 bridgehead atoms. The Morgan fingerprint density at radius 3 is 2.84 bits per heavy atom. The minimum absolute atomic E-state index is 0.199. The fourth-order valence-corrected chi connectivity index (χ4v) is 4.05. The number of carbonyl (C=O) groups excluding carboxylic acids is 1. The van der Waals surface area contributed by atoms with Crippen molar-refractivity contribution in [2.75, 3.05) is 6.54 Å². The van der Waals surface area contributed by atoms with Gasteiger partial charge in [-0.1, -0.05) is 49.4 Å². The molecule has 0 saturated heterocycles. The first-order valence-corrected chi connectivity index (χ1v) is 9.49. The Labute approximate surface area is 150 Å². The van der Waals surface area contributed by atoms with Crippen molar-refractivity contribution < 1.29 is 4.79 Å². The highest BCUT2D eigenvalue weighted by Gasteiger charge is 2.21. The maximum absolute atomic E-state index is 12.6. The molecule has 0 spiro atoms. The first kappa shape index (κ1) is 16.2. The predicted octanol–water partition coefficient (Wildman–Crippen LogP) is 2.83. The lowest BCUT2D eigenvalue weighted by Crippen LogP contribution is -2.36. The van der Waals surface area contributed by atoms with E-state index in [2.05, 4.69) is 47.3 Å². The zero-order chi connectivity index (χ0) is 17.4. The van der Waals surface area contributed by atoms with Gasteiger partial charge in [-0.3, -0.25) is 4.79 Å². The largest absolute Gasteiger partial charge is 0.338 e. The summed E-state index contributed by atoms with van der Waals surface area (Å²) in [5.41, 5.74) is 2.63. The molecule has 3 aromatic rings. The molecule has 25 heavy (non-hydrogen) atoms. The highest BCUT2D eigenvalue weighted by Crippen LogP contribution is 2.21. The highest BCUT2D eigenvalue weighted by atomic mass is 32.1. The van der Waals surface area contributed by atoms with Crippen LogP contribution >= 0.6 is 11.3 Å². The van der Waals surface area contributed by atoms with Crippen LogP contribution in [0.1, 0.15) is 48.1 Å². The zero-order valence-electron chi connectivity index (χ0n) is 14.5. The van der Waals surface area contributed by atoms with Crippen LogP contribution in [0.3, 0.4) is 0 Å². The summed E-state index contributed by atoms with van der Waals surface area (Å²) in [6.45, 7) is 5.68. The second kappa shape index (κ2) is 6.55. The summed E-state index contributed by atoms with van der Waals surface area (Å²) in [5.74, 6) is 1.35. The van der Waals surface area contributed by atoms with Crippen molar-refractivity contribution in [2.45, 2.75) is 45.6 Å². The molecule has 2 aromatic heterocycles. The maximum Gasteiger partial charge on any atom is 0.234 e. The van der Waals surface area contributed by atoms with Gasteiger partial charge >= 0.3 is 0 Å². The van der Waals surface area contributed by atoms with Crippen molar-refractivity contribution in [1.29, 1.82) is 0 Å². The van der Waals surface area contributed by atoms with Crippen molar-refractivity contribution in [3.8, 4) is 0 Å². The number of nitrogens with zero attached hydrogens (tertiary/aromatic N) is 5. The summed E-state index contributed by atoms with van der Waals surface area (Å²) in [6, 6.07) is 8.38. The molecule has 7 heteroatoms. The number of hydrogen-bond acceptors (Lipinski definition) is 5.